The number of rotatable bonds is 11. The Kier molecular flexibility index (Phi) is 8.70. The molecule has 7 heteroatoms. The van der Waals surface area contributed by atoms with Crippen molar-refractivity contribution in [2.24, 2.45) is 0 Å². The van der Waals surface area contributed by atoms with E-state index in [4.69, 9.17) is 9.47 Å². The molecule has 0 unspecified atom stereocenters. The molecule has 1 saturated carbocycles. The predicted molar refractivity (Wildman–Crippen MR) is 118 cm³/mol. The summed E-state index contributed by atoms with van der Waals surface area (Å²) in [6.45, 7) is 3.02. The first-order valence-corrected chi connectivity index (χ1v) is 11.0. The molecule has 1 fully saturated rings. The number of nitrogens with one attached hydrogen (secondary N) is 2. The minimum absolute atomic E-state index is 0.0932. The smallest absolute Gasteiger partial charge is 0.251 e. The highest BCUT2D eigenvalue weighted by atomic mass is 16.5. The summed E-state index contributed by atoms with van der Waals surface area (Å²) in [6, 6.07) is 10.6. The molecule has 1 aromatic heterocycles. The summed E-state index contributed by atoms with van der Waals surface area (Å²) in [5.41, 5.74) is 1.39. The number of amides is 2. The molecule has 7 nitrogen and oxygen atoms in total. The van der Waals surface area contributed by atoms with E-state index in [9.17, 15) is 9.59 Å². The lowest BCUT2D eigenvalue weighted by Crippen LogP contribution is -2.36. The van der Waals surface area contributed by atoms with Crippen LogP contribution < -0.4 is 20.1 Å². The Morgan fingerprint density at radius 2 is 1.87 bits per heavy atom. The number of pyridine rings is 1. The van der Waals surface area contributed by atoms with Gasteiger partial charge in [-0.05, 0) is 68.0 Å². The quantitative estimate of drug-likeness (QED) is 0.537. The van der Waals surface area contributed by atoms with Crippen LogP contribution in [-0.4, -0.2) is 36.1 Å². The molecule has 1 aliphatic rings. The summed E-state index contributed by atoms with van der Waals surface area (Å²) in [7, 11) is 0. The monoisotopic (exact) mass is 425 g/mol. The van der Waals surface area contributed by atoms with Gasteiger partial charge in [0.05, 0.1) is 13.2 Å². The SMILES string of the molecule is CCCCOc1ccc(C(=O)NCC(=O)NCc2ccnc(OC3CCCC3)c2)cc1. The van der Waals surface area contributed by atoms with Crippen molar-refractivity contribution in [3.8, 4) is 11.6 Å². The Morgan fingerprint density at radius 1 is 1.10 bits per heavy atom. The molecule has 0 spiro atoms. The normalized spacial score (nSPS) is 13.6. The summed E-state index contributed by atoms with van der Waals surface area (Å²) in [4.78, 5) is 28.6. The molecule has 2 aromatic rings. The maximum absolute atomic E-state index is 12.2. The van der Waals surface area contributed by atoms with Gasteiger partial charge in [-0.1, -0.05) is 13.3 Å². The average molecular weight is 426 g/mol. The molecule has 0 aliphatic heterocycles. The number of hydrogen-bond acceptors (Lipinski definition) is 5. The van der Waals surface area contributed by atoms with Gasteiger partial charge in [0.2, 0.25) is 11.8 Å². The molecular weight excluding hydrogens is 394 g/mol. The molecule has 1 aromatic carbocycles. The number of carbonyl (C=O) groups is 2. The molecule has 31 heavy (non-hydrogen) atoms. The predicted octanol–water partition coefficient (Wildman–Crippen LogP) is 3.63. The summed E-state index contributed by atoms with van der Waals surface area (Å²) in [6.07, 6.45) is 8.51. The Balaban J connectivity index is 1.39. The van der Waals surface area contributed by atoms with Gasteiger partial charge in [-0.3, -0.25) is 9.59 Å². The number of nitrogens with zero attached hydrogens (tertiary/aromatic N) is 1. The largest absolute Gasteiger partial charge is 0.494 e. The van der Waals surface area contributed by atoms with Gasteiger partial charge in [-0.2, -0.15) is 0 Å². The molecule has 166 valence electrons. The van der Waals surface area contributed by atoms with Crippen LogP contribution in [0.25, 0.3) is 0 Å². The molecule has 0 saturated heterocycles. The Hall–Kier alpha value is -3.09. The van der Waals surface area contributed by atoms with Crippen LogP contribution in [0.1, 0.15) is 61.4 Å². The summed E-state index contributed by atoms with van der Waals surface area (Å²) >= 11 is 0. The number of benzene rings is 1. The van der Waals surface area contributed by atoms with E-state index in [-0.39, 0.29) is 24.5 Å². The molecule has 1 heterocycles. The molecule has 0 bridgehead atoms. The molecule has 3 rings (SSSR count). The van der Waals surface area contributed by atoms with Gasteiger partial charge in [0.1, 0.15) is 11.9 Å². The zero-order chi connectivity index (χ0) is 21.9. The van der Waals surface area contributed by atoms with Crippen molar-refractivity contribution in [2.45, 2.75) is 58.1 Å². The molecule has 1 aliphatic carbocycles. The number of unbranched alkanes of at least 4 members (excludes halogenated alkanes) is 1. The molecule has 0 radical (unpaired) electrons. The van der Waals surface area contributed by atoms with E-state index in [1.54, 1.807) is 30.5 Å². The van der Waals surface area contributed by atoms with Crippen LogP contribution >= 0.6 is 0 Å². The lowest BCUT2D eigenvalue weighted by molar-refractivity contribution is -0.120. The minimum Gasteiger partial charge on any atom is -0.494 e. The highest BCUT2D eigenvalue weighted by Gasteiger charge is 2.17. The topological polar surface area (TPSA) is 89.5 Å². The Bertz CT molecular complexity index is 848. The van der Waals surface area contributed by atoms with Crippen molar-refractivity contribution in [3.63, 3.8) is 0 Å². The van der Waals surface area contributed by atoms with Crippen LogP contribution in [0.5, 0.6) is 11.6 Å². The van der Waals surface area contributed by atoms with Gasteiger partial charge in [-0.25, -0.2) is 4.98 Å². The van der Waals surface area contributed by atoms with E-state index in [1.165, 1.54) is 12.8 Å². The van der Waals surface area contributed by atoms with Crippen molar-refractivity contribution in [1.82, 2.24) is 15.6 Å². The zero-order valence-electron chi connectivity index (χ0n) is 18.1. The van der Waals surface area contributed by atoms with Crippen LogP contribution in [0.2, 0.25) is 0 Å². The van der Waals surface area contributed by atoms with Crippen LogP contribution in [0.4, 0.5) is 0 Å². The van der Waals surface area contributed by atoms with E-state index in [0.717, 1.165) is 37.0 Å². The van der Waals surface area contributed by atoms with Crippen LogP contribution in [0.15, 0.2) is 42.6 Å². The van der Waals surface area contributed by atoms with Gasteiger partial charge < -0.3 is 20.1 Å². The highest BCUT2D eigenvalue weighted by molar-refractivity contribution is 5.96. The van der Waals surface area contributed by atoms with E-state index in [0.29, 0.717) is 24.6 Å². The maximum Gasteiger partial charge on any atom is 0.251 e. The fraction of sp³-hybridized carbons (Fsp3) is 0.458. The second-order valence-electron chi connectivity index (χ2n) is 7.71. The Labute approximate surface area is 183 Å². The van der Waals surface area contributed by atoms with E-state index >= 15 is 0 Å². The van der Waals surface area contributed by atoms with Crippen LogP contribution in [-0.2, 0) is 11.3 Å². The minimum atomic E-state index is -0.300. The lowest BCUT2D eigenvalue weighted by Gasteiger charge is -2.13. The van der Waals surface area contributed by atoms with Crippen molar-refractivity contribution >= 4 is 11.8 Å². The van der Waals surface area contributed by atoms with Crippen molar-refractivity contribution in [3.05, 3.63) is 53.7 Å². The van der Waals surface area contributed by atoms with Gasteiger partial charge in [-0.15, -0.1) is 0 Å². The molecule has 0 atom stereocenters. The van der Waals surface area contributed by atoms with Crippen LogP contribution in [0, 0.1) is 0 Å². The van der Waals surface area contributed by atoms with Gasteiger partial charge in [0.15, 0.2) is 0 Å². The third kappa shape index (κ3) is 7.59. The van der Waals surface area contributed by atoms with Gasteiger partial charge in [0, 0.05) is 24.4 Å². The van der Waals surface area contributed by atoms with Crippen LogP contribution in [0.3, 0.4) is 0 Å². The van der Waals surface area contributed by atoms with E-state index < -0.39 is 0 Å². The lowest BCUT2D eigenvalue weighted by atomic mass is 10.2. The third-order valence-electron chi connectivity index (χ3n) is 5.17. The fourth-order valence-electron chi connectivity index (χ4n) is 3.36. The summed E-state index contributed by atoms with van der Waals surface area (Å²) in [5.74, 6) is 0.764. The average Bonchev–Trinajstić information content (AvgIpc) is 3.30. The zero-order valence-corrected chi connectivity index (χ0v) is 18.1. The number of carbonyl (C=O) groups excluding carboxylic acids is 2. The highest BCUT2D eigenvalue weighted by Crippen LogP contribution is 2.23. The van der Waals surface area contributed by atoms with E-state index in [2.05, 4.69) is 22.5 Å². The summed E-state index contributed by atoms with van der Waals surface area (Å²) < 4.78 is 11.5. The number of ether oxygens (including phenoxy) is 2. The Morgan fingerprint density at radius 3 is 2.61 bits per heavy atom. The standard InChI is InChI=1S/C24H31N3O4/c1-2-3-14-30-20-10-8-19(9-11-20)24(29)27-17-22(28)26-16-18-12-13-25-23(15-18)31-21-6-4-5-7-21/h8-13,15,21H,2-7,14,16-17H2,1H3,(H,26,28)(H,27,29). The van der Waals surface area contributed by atoms with Crippen molar-refractivity contribution in [1.29, 1.82) is 0 Å². The number of hydrogen-bond donors (Lipinski definition) is 2. The van der Waals surface area contributed by atoms with Gasteiger partial charge >= 0.3 is 0 Å². The fourth-order valence-corrected chi connectivity index (χ4v) is 3.36. The molecule has 2 N–H and O–H groups in total. The first-order chi connectivity index (χ1) is 15.1. The van der Waals surface area contributed by atoms with Crippen molar-refractivity contribution < 1.29 is 19.1 Å². The van der Waals surface area contributed by atoms with E-state index in [1.807, 2.05) is 12.1 Å². The third-order valence-corrected chi connectivity index (χ3v) is 5.17. The second kappa shape index (κ2) is 11.9. The van der Waals surface area contributed by atoms with Gasteiger partial charge in [0.25, 0.3) is 5.91 Å². The maximum atomic E-state index is 12.2. The summed E-state index contributed by atoms with van der Waals surface area (Å²) in [5, 5.41) is 5.45. The number of aromatic nitrogens is 1. The second-order valence-corrected chi connectivity index (χ2v) is 7.71. The first-order valence-electron chi connectivity index (χ1n) is 11.0. The van der Waals surface area contributed by atoms with Crippen molar-refractivity contribution in [2.75, 3.05) is 13.2 Å². The molecule has 2 amide bonds. The molecular formula is C24H31N3O4. The first kappa shape index (κ1) is 22.6.